The molecule has 122 valence electrons. The second kappa shape index (κ2) is 6.17. The van der Waals surface area contributed by atoms with Crippen LogP contribution in [0.15, 0.2) is 21.9 Å². The molecule has 1 heterocycles. The molecule has 1 aliphatic rings. The van der Waals surface area contributed by atoms with Crippen molar-refractivity contribution in [3.63, 3.8) is 0 Å². The molecule has 1 aromatic rings. The van der Waals surface area contributed by atoms with E-state index >= 15 is 0 Å². The Labute approximate surface area is 123 Å². The van der Waals surface area contributed by atoms with Gasteiger partial charge in [-0.1, -0.05) is 0 Å². The number of H-pyrrole nitrogens is 1. The molecule has 1 saturated carbocycles. The van der Waals surface area contributed by atoms with Crippen LogP contribution in [0.3, 0.4) is 0 Å². The summed E-state index contributed by atoms with van der Waals surface area (Å²) in [7, 11) is -4.93. The van der Waals surface area contributed by atoms with E-state index in [4.69, 9.17) is 19.6 Å². The summed E-state index contributed by atoms with van der Waals surface area (Å²) in [4.78, 5) is 53.6. The number of carboxylic acid groups (broad SMARTS) is 1. The van der Waals surface area contributed by atoms with Gasteiger partial charge in [-0.25, -0.2) is 9.59 Å². The van der Waals surface area contributed by atoms with Gasteiger partial charge in [-0.2, -0.15) is 0 Å². The molecule has 22 heavy (non-hydrogen) atoms. The van der Waals surface area contributed by atoms with Gasteiger partial charge in [-0.05, 0) is 19.3 Å². The molecule has 0 aliphatic heterocycles. The number of aromatic nitrogens is 2. The van der Waals surface area contributed by atoms with Crippen LogP contribution in [0.5, 0.6) is 0 Å². The molecule has 1 unspecified atom stereocenters. The van der Waals surface area contributed by atoms with E-state index in [2.05, 4.69) is 4.98 Å². The molecular weight excluding hydrogens is 319 g/mol. The second-order valence-corrected chi connectivity index (χ2v) is 6.67. The standard InChI is InChI=1S/C11H15N2O8P/c14-8-3-4-13(11(17)12-8)6-1-2-7(5-6)21-10(9(15)16)22(18,19)20/h3-4,6-7,10H,1-2,5H2,(H,15,16)(H,12,14,17)(H2,18,19,20)/t6-,7+,10?/m1/s1. The molecule has 11 heteroatoms. The van der Waals surface area contributed by atoms with Gasteiger partial charge >= 0.3 is 19.3 Å². The predicted octanol–water partition coefficient (Wildman–Crippen LogP) is -0.765. The number of nitrogens with one attached hydrogen (secondary N) is 1. The highest BCUT2D eigenvalue weighted by Crippen LogP contribution is 2.44. The third-order valence-corrected chi connectivity index (χ3v) is 4.39. The molecule has 1 aliphatic carbocycles. The maximum Gasteiger partial charge on any atom is 0.365 e. The third kappa shape index (κ3) is 3.72. The molecule has 0 saturated heterocycles. The largest absolute Gasteiger partial charge is 0.479 e. The third-order valence-electron chi connectivity index (χ3n) is 3.44. The molecule has 0 bridgehead atoms. The fourth-order valence-electron chi connectivity index (χ4n) is 2.47. The van der Waals surface area contributed by atoms with Crippen molar-refractivity contribution in [1.82, 2.24) is 9.55 Å². The van der Waals surface area contributed by atoms with Crippen molar-refractivity contribution in [2.24, 2.45) is 0 Å². The minimum Gasteiger partial charge on any atom is -0.479 e. The van der Waals surface area contributed by atoms with Crippen molar-refractivity contribution in [2.45, 2.75) is 37.3 Å². The fourth-order valence-corrected chi connectivity index (χ4v) is 3.09. The molecule has 0 aromatic carbocycles. The van der Waals surface area contributed by atoms with Gasteiger partial charge in [0, 0.05) is 18.3 Å². The van der Waals surface area contributed by atoms with E-state index in [1.165, 1.54) is 16.8 Å². The van der Waals surface area contributed by atoms with Gasteiger partial charge in [0.15, 0.2) is 0 Å². The summed E-state index contributed by atoms with van der Waals surface area (Å²) in [6, 6.07) is 0.853. The molecule has 1 aromatic heterocycles. The fraction of sp³-hybridized carbons (Fsp3) is 0.545. The number of ether oxygens (including phenoxy) is 1. The number of carboxylic acids is 1. The first-order valence-electron chi connectivity index (χ1n) is 6.43. The lowest BCUT2D eigenvalue weighted by Crippen LogP contribution is -2.31. The maximum atomic E-state index is 11.7. The van der Waals surface area contributed by atoms with Crippen LogP contribution in [0.4, 0.5) is 0 Å². The summed E-state index contributed by atoms with van der Waals surface area (Å²) in [6.45, 7) is 0. The van der Waals surface area contributed by atoms with Crippen LogP contribution >= 0.6 is 7.60 Å². The van der Waals surface area contributed by atoms with Gasteiger partial charge in [0.05, 0.1) is 6.10 Å². The van der Waals surface area contributed by atoms with Crippen LogP contribution < -0.4 is 11.2 Å². The molecule has 3 atom stereocenters. The highest BCUT2D eigenvalue weighted by atomic mass is 31.2. The molecular formula is C11H15N2O8P. The topological polar surface area (TPSA) is 159 Å². The minimum atomic E-state index is -4.93. The zero-order valence-corrected chi connectivity index (χ0v) is 12.2. The Bertz CT molecular complexity index is 719. The van der Waals surface area contributed by atoms with Crippen LogP contribution in [0.1, 0.15) is 25.3 Å². The lowest BCUT2D eigenvalue weighted by Gasteiger charge is -2.20. The summed E-state index contributed by atoms with van der Waals surface area (Å²) >= 11 is 0. The van der Waals surface area contributed by atoms with Crippen molar-refractivity contribution >= 4 is 13.6 Å². The van der Waals surface area contributed by atoms with Crippen LogP contribution in [0.2, 0.25) is 0 Å². The summed E-state index contributed by atoms with van der Waals surface area (Å²) < 4.78 is 17.4. The van der Waals surface area contributed by atoms with E-state index in [1.807, 2.05) is 0 Å². The normalized spacial score (nSPS) is 23.4. The number of aromatic amines is 1. The number of rotatable bonds is 5. The van der Waals surface area contributed by atoms with Gasteiger partial charge in [-0.15, -0.1) is 0 Å². The van der Waals surface area contributed by atoms with Crippen molar-refractivity contribution < 1.29 is 29.0 Å². The first-order valence-corrected chi connectivity index (χ1v) is 8.11. The highest BCUT2D eigenvalue weighted by molar-refractivity contribution is 7.53. The molecule has 0 spiro atoms. The van der Waals surface area contributed by atoms with Crippen LogP contribution in [0, 0.1) is 0 Å². The van der Waals surface area contributed by atoms with E-state index in [9.17, 15) is 18.9 Å². The zero-order valence-electron chi connectivity index (χ0n) is 11.3. The minimum absolute atomic E-state index is 0.218. The number of aliphatic carboxylic acids is 1. The Morgan fingerprint density at radius 3 is 2.64 bits per heavy atom. The predicted molar refractivity (Wildman–Crippen MR) is 72.6 cm³/mol. The van der Waals surface area contributed by atoms with Gasteiger partial charge in [0.1, 0.15) is 0 Å². The molecule has 0 amide bonds. The Balaban J connectivity index is 2.09. The van der Waals surface area contributed by atoms with Crippen LogP contribution in [-0.2, 0) is 14.1 Å². The zero-order chi connectivity index (χ0) is 16.5. The summed E-state index contributed by atoms with van der Waals surface area (Å²) in [5, 5.41) is 8.81. The van der Waals surface area contributed by atoms with Crippen molar-refractivity contribution in [3.05, 3.63) is 33.1 Å². The van der Waals surface area contributed by atoms with Gasteiger partial charge in [0.2, 0.25) is 0 Å². The van der Waals surface area contributed by atoms with Crippen molar-refractivity contribution in [2.75, 3.05) is 0 Å². The van der Waals surface area contributed by atoms with E-state index in [-0.39, 0.29) is 12.5 Å². The summed E-state index contributed by atoms with van der Waals surface area (Å²) in [6.07, 6.45) is 1.66. The van der Waals surface area contributed by atoms with Crippen LogP contribution in [0.25, 0.3) is 0 Å². The number of carbonyl (C=O) groups is 1. The average molecular weight is 334 g/mol. The second-order valence-electron chi connectivity index (χ2n) is 5.02. The van der Waals surface area contributed by atoms with Gasteiger partial charge < -0.3 is 19.6 Å². The number of nitrogens with zero attached hydrogens (tertiary/aromatic N) is 1. The Morgan fingerprint density at radius 1 is 1.41 bits per heavy atom. The first kappa shape index (κ1) is 16.6. The monoisotopic (exact) mass is 334 g/mol. The van der Waals surface area contributed by atoms with E-state index in [0.29, 0.717) is 12.8 Å². The molecule has 4 N–H and O–H groups in total. The van der Waals surface area contributed by atoms with Gasteiger partial charge in [0.25, 0.3) is 11.4 Å². The van der Waals surface area contributed by atoms with E-state index in [0.717, 1.165) is 0 Å². The number of hydrogen-bond donors (Lipinski definition) is 4. The van der Waals surface area contributed by atoms with Crippen molar-refractivity contribution in [3.8, 4) is 0 Å². The summed E-state index contributed by atoms with van der Waals surface area (Å²) in [5.74, 6) is -3.96. The van der Waals surface area contributed by atoms with Crippen molar-refractivity contribution in [1.29, 1.82) is 0 Å². The maximum absolute atomic E-state index is 11.7. The Morgan fingerprint density at radius 2 is 2.09 bits per heavy atom. The molecule has 1 fully saturated rings. The lowest BCUT2D eigenvalue weighted by molar-refractivity contribution is -0.148. The first-order chi connectivity index (χ1) is 10.2. The Hall–Kier alpha value is -1.74. The molecule has 0 radical (unpaired) electrons. The van der Waals surface area contributed by atoms with Gasteiger partial charge in [-0.3, -0.25) is 18.9 Å². The van der Waals surface area contributed by atoms with Crippen LogP contribution in [-0.4, -0.2) is 42.4 Å². The lowest BCUT2D eigenvalue weighted by atomic mass is 10.2. The smallest absolute Gasteiger partial charge is 0.365 e. The van der Waals surface area contributed by atoms with E-state index in [1.54, 1.807) is 0 Å². The molecule has 10 nitrogen and oxygen atoms in total. The highest BCUT2D eigenvalue weighted by Gasteiger charge is 2.40. The average Bonchev–Trinajstić information content (AvgIpc) is 2.82. The Kier molecular flexibility index (Phi) is 4.66. The molecule has 2 rings (SSSR count). The summed E-state index contributed by atoms with van der Waals surface area (Å²) in [5.41, 5.74) is -1.12. The SMILES string of the molecule is O=C(O)C(O[C@H]1CC[C@@H](n2ccc(=O)[nH]c2=O)C1)P(=O)(O)O. The number of hydrogen-bond acceptors (Lipinski definition) is 5. The van der Waals surface area contributed by atoms with E-state index < -0.39 is 36.8 Å². The quantitative estimate of drug-likeness (QED) is 0.511.